The smallest absolute Gasteiger partial charge is 0.0469 e. The summed E-state index contributed by atoms with van der Waals surface area (Å²) >= 11 is 0. The second-order valence-electron chi connectivity index (χ2n) is 6.02. The number of nitrogens with one attached hydrogen (secondary N) is 1. The van der Waals surface area contributed by atoms with Crippen LogP contribution < -0.4 is 5.32 Å². The zero-order valence-electron chi connectivity index (χ0n) is 13.6. The Hall–Kier alpha value is -0.860. The lowest BCUT2D eigenvalue weighted by Crippen LogP contribution is -2.30. The maximum Gasteiger partial charge on any atom is 0.0469 e. The Morgan fingerprint density at radius 3 is 2.40 bits per heavy atom. The van der Waals surface area contributed by atoms with Crippen LogP contribution in [0.15, 0.2) is 24.3 Å². The molecule has 1 unspecified atom stereocenters. The first-order valence-electron chi connectivity index (χ1n) is 7.98. The van der Waals surface area contributed by atoms with Crippen molar-refractivity contribution in [1.82, 2.24) is 5.32 Å². The minimum absolute atomic E-state index is 0.548. The van der Waals surface area contributed by atoms with Gasteiger partial charge in [0, 0.05) is 19.3 Å². The fourth-order valence-electron chi connectivity index (χ4n) is 2.23. The molecule has 2 nitrogen and oxygen atoms in total. The van der Waals surface area contributed by atoms with Gasteiger partial charge in [-0.15, -0.1) is 0 Å². The van der Waals surface area contributed by atoms with Crippen molar-refractivity contribution >= 4 is 0 Å². The highest BCUT2D eigenvalue weighted by Crippen LogP contribution is 2.13. The summed E-state index contributed by atoms with van der Waals surface area (Å²) in [6, 6.07) is 9.47. The Bertz CT molecular complexity index is 345. The zero-order valence-corrected chi connectivity index (χ0v) is 13.6. The normalized spacial score (nSPS) is 12.8. The lowest BCUT2D eigenvalue weighted by molar-refractivity contribution is 0.120. The third kappa shape index (κ3) is 7.66. The van der Waals surface area contributed by atoms with Crippen LogP contribution in [0.3, 0.4) is 0 Å². The van der Waals surface area contributed by atoms with Crippen LogP contribution in [0, 0.1) is 12.8 Å². The predicted molar refractivity (Wildman–Crippen MR) is 87.2 cm³/mol. The minimum Gasteiger partial charge on any atom is -0.381 e. The van der Waals surface area contributed by atoms with Gasteiger partial charge < -0.3 is 10.1 Å². The summed E-state index contributed by atoms with van der Waals surface area (Å²) in [5, 5.41) is 3.56. The maximum atomic E-state index is 5.65. The van der Waals surface area contributed by atoms with Gasteiger partial charge in [0.05, 0.1) is 0 Å². The van der Waals surface area contributed by atoms with Crippen LogP contribution in [0.4, 0.5) is 0 Å². The van der Waals surface area contributed by atoms with E-state index in [1.807, 2.05) is 0 Å². The molecule has 0 bridgehead atoms. The van der Waals surface area contributed by atoms with E-state index < -0.39 is 0 Å². The van der Waals surface area contributed by atoms with Crippen LogP contribution >= 0.6 is 0 Å². The standard InChI is InChI=1S/C18H31NO/c1-5-11-20-12-10-18(14-19-15(2)3)13-17-8-6-16(4)7-9-17/h6-9,15,18-19H,5,10-14H2,1-4H3. The molecule has 114 valence electrons. The molecule has 0 radical (unpaired) electrons. The maximum absolute atomic E-state index is 5.65. The fourth-order valence-corrected chi connectivity index (χ4v) is 2.23. The lowest BCUT2D eigenvalue weighted by atomic mass is 9.95. The first kappa shape index (κ1) is 17.2. The Labute approximate surface area is 124 Å². The molecule has 0 aromatic heterocycles. The first-order chi connectivity index (χ1) is 9.61. The van der Waals surface area contributed by atoms with Gasteiger partial charge in [-0.05, 0) is 44.2 Å². The van der Waals surface area contributed by atoms with Crippen molar-refractivity contribution < 1.29 is 4.74 Å². The van der Waals surface area contributed by atoms with Gasteiger partial charge in [0.15, 0.2) is 0 Å². The van der Waals surface area contributed by atoms with Crippen molar-refractivity contribution in [3.63, 3.8) is 0 Å². The Morgan fingerprint density at radius 1 is 1.10 bits per heavy atom. The van der Waals surface area contributed by atoms with Gasteiger partial charge in [0.2, 0.25) is 0 Å². The number of benzene rings is 1. The summed E-state index contributed by atoms with van der Waals surface area (Å²) in [7, 11) is 0. The molecule has 0 aliphatic rings. The molecule has 1 aromatic rings. The topological polar surface area (TPSA) is 21.3 Å². The molecule has 0 fully saturated rings. The number of rotatable bonds is 10. The van der Waals surface area contributed by atoms with E-state index in [9.17, 15) is 0 Å². The quantitative estimate of drug-likeness (QED) is 0.653. The van der Waals surface area contributed by atoms with E-state index in [1.165, 1.54) is 11.1 Å². The fraction of sp³-hybridized carbons (Fsp3) is 0.667. The molecule has 1 atom stereocenters. The van der Waals surface area contributed by atoms with Crippen molar-refractivity contribution in [2.24, 2.45) is 5.92 Å². The molecule has 1 aromatic carbocycles. The number of hydrogen-bond acceptors (Lipinski definition) is 2. The van der Waals surface area contributed by atoms with Crippen molar-refractivity contribution in [3.8, 4) is 0 Å². The molecule has 0 aliphatic heterocycles. The van der Waals surface area contributed by atoms with Crippen molar-refractivity contribution in [2.45, 2.75) is 53.0 Å². The minimum atomic E-state index is 0.548. The van der Waals surface area contributed by atoms with Crippen LogP contribution in [-0.2, 0) is 11.2 Å². The van der Waals surface area contributed by atoms with Crippen LogP contribution in [0.2, 0.25) is 0 Å². The van der Waals surface area contributed by atoms with Crippen LogP contribution in [-0.4, -0.2) is 25.8 Å². The van der Waals surface area contributed by atoms with E-state index in [0.717, 1.165) is 39.0 Å². The summed E-state index contributed by atoms with van der Waals surface area (Å²) in [4.78, 5) is 0. The van der Waals surface area contributed by atoms with Gasteiger partial charge in [0.1, 0.15) is 0 Å². The summed E-state index contributed by atoms with van der Waals surface area (Å²) in [6.07, 6.45) is 3.37. The number of ether oxygens (including phenoxy) is 1. The lowest BCUT2D eigenvalue weighted by Gasteiger charge is -2.19. The third-order valence-corrected chi connectivity index (χ3v) is 3.48. The second kappa shape index (κ2) is 9.95. The SMILES string of the molecule is CCCOCCC(CNC(C)C)Cc1ccc(C)cc1. The zero-order chi connectivity index (χ0) is 14.8. The van der Waals surface area contributed by atoms with E-state index in [2.05, 4.69) is 57.3 Å². The van der Waals surface area contributed by atoms with Crippen molar-refractivity contribution in [3.05, 3.63) is 35.4 Å². The molecule has 0 saturated heterocycles. The summed E-state index contributed by atoms with van der Waals surface area (Å²) in [6.45, 7) is 11.5. The van der Waals surface area contributed by atoms with Gasteiger partial charge in [0.25, 0.3) is 0 Å². The molecule has 0 heterocycles. The van der Waals surface area contributed by atoms with E-state index >= 15 is 0 Å². The number of aryl methyl sites for hydroxylation is 1. The summed E-state index contributed by atoms with van der Waals surface area (Å²) < 4.78 is 5.65. The van der Waals surface area contributed by atoms with Crippen molar-refractivity contribution in [1.29, 1.82) is 0 Å². The van der Waals surface area contributed by atoms with E-state index in [1.54, 1.807) is 0 Å². The van der Waals surface area contributed by atoms with Gasteiger partial charge in [-0.2, -0.15) is 0 Å². The van der Waals surface area contributed by atoms with Crippen LogP contribution in [0.5, 0.6) is 0 Å². The predicted octanol–water partition coefficient (Wildman–Crippen LogP) is 3.97. The van der Waals surface area contributed by atoms with Crippen LogP contribution in [0.1, 0.15) is 44.7 Å². The second-order valence-corrected chi connectivity index (χ2v) is 6.02. The Morgan fingerprint density at radius 2 is 1.80 bits per heavy atom. The average molecular weight is 277 g/mol. The Kier molecular flexibility index (Phi) is 8.56. The van der Waals surface area contributed by atoms with E-state index in [0.29, 0.717) is 12.0 Å². The molecule has 1 rings (SSSR count). The van der Waals surface area contributed by atoms with Gasteiger partial charge >= 0.3 is 0 Å². The highest BCUT2D eigenvalue weighted by molar-refractivity contribution is 5.21. The number of hydrogen-bond donors (Lipinski definition) is 1. The van der Waals surface area contributed by atoms with Gasteiger partial charge in [-0.25, -0.2) is 0 Å². The molecule has 0 amide bonds. The molecular formula is C18H31NO. The molecule has 20 heavy (non-hydrogen) atoms. The molecule has 0 saturated carbocycles. The molecule has 0 spiro atoms. The van der Waals surface area contributed by atoms with E-state index in [4.69, 9.17) is 4.74 Å². The molecule has 1 N–H and O–H groups in total. The largest absolute Gasteiger partial charge is 0.381 e. The average Bonchev–Trinajstić information content (AvgIpc) is 2.43. The highest BCUT2D eigenvalue weighted by atomic mass is 16.5. The molecule has 2 heteroatoms. The first-order valence-corrected chi connectivity index (χ1v) is 7.98. The summed E-state index contributed by atoms with van der Waals surface area (Å²) in [5.41, 5.74) is 2.76. The van der Waals surface area contributed by atoms with Gasteiger partial charge in [-0.3, -0.25) is 0 Å². The van der Waals surface area contributed by atoms with Gasteiger partial charge in [-0.1, -0.05) is 50.6 Å². The third-order valence-electron chi connectivity index (χ3n) is 3.48. The van der Waals surface area contributed by atoms with Crippen LogP contribution in [0.25, 0.3) is 0 Å². The highest BCUT2D eigenvalue weighted by Gasteiger charge is 2.10. The Balaban J connectivity index is 2.45. The molecular weight excluding hydrogens is 246 g/mol. The summed E-state index contributed by atoms with van der Waals surface area (Å²) in [5.74, 6) is 0.650. The van der Waals surface area contributed by atoms with E-state index in [-0.39, 0.29) is 0 Å². The molecule has 0 aliphatic carbocycles. The monoisotopic (exact) mass is 277 g/mol. The van der Waals surface area contributed by atoms with Crippen molar-refractivity contribution in [2.75, 3.05) is 19.8 Å².